The summed E-state index contributed by atoms with van der Waals surface area (Å²) in [6.07, 6.45) is 4.30. The summed E-state index contributed by atoms with van der Waals surface area (Å²) in [5.41, 5.74) is 0.627. The van der Waals surface area contributed by atoms with E-state index < -0.39 is 0 Å². The Bertz CT molecular complexity index is 400. The van der Waals surface area contributed by atoms with Gasteiger partial charge in [-0.3, -0.25) is 9.78 Å². The van der Waals surface area contributed by atoms with Gasteiger partial charge in [-0.2, -0.15) is 11.8 Å². The van der Waals surface area contributed by atoms with E-state index >= 15 is 0 Å². The van der Waals surface area contributed by atoms with Crippen LogP contribution in [0.1, 0.15) is 30.6 Å². The average molecular weight is 331 g/mol. The smallest absolute Gasteiger partial charge is 0.255 e. The van der Waals surface area contributed by atoms with Gasteiger partial charge in [0.2, 0.25) is 0 Å². The summed E-state index contributed by atoms with van der Waals surface area (Å²) in [5.74, 6) is 2.24. The zero-order chi connectivity index (χ0) is 13.5. The first kappa shape index (κ1) is 15.5. The largest absolute Gasteiger partial charge is 0.339 e. The first-order chi connectivity index (χ1) is 8.56. The van der Waals surface area contributed by atoms with Crippen molar-refractivity contribution in [1.29, 1.82) is 0 Å². The fourth-order valence-electron chi connectivity index (χ4n) is 1.52. The van der Waals surface area contributed by atoms with Gasteiger partial charge in [0, 0.05) is 30.0 Å². The van der Waals surface area contributed by atoms with Crippen molar-refractivity contribution < 1.29 is 4.79 Å². The van der Waals surface area contributed by atoms with E-state index in [2.05, 4.69) is 34.8 Å². The molecule has 0 spiro atoms. The molecule has 18 heavy (non-hydrogen) atoms. The Morgan fingerprint density at radius 3 is 2.89 bits per heavy atom. The summed E-state index contributed by atoms with van der Waals surface area (Å²) in [4.78, 5) is 18.0. The van der Waals surface area contributed by atoms with Crippen LogP contribution < -0.4 is 0 Å². The maximum Gasteiger partial charge on any atom is 0.255 e. The van der Waals surface area contributed by atoms with Gasteiger partial charge in [-0.05, 0) is 46.8 Å². The van der Waals surface area contributed by atoms with Crippen LogP contribution in [0.25, 0.3) is 0 Å². The predicted octanol–water partition coefficient (Wildman–Crippen LogP) is 3.45. The minimum absolute atomic E-state index is 0.0257. The summed E-state index contributed by atoms with van der Waals surface area (Å²) in [6.45, 7) is 4.23. The Labute approximate surface area is 121 Å². The summed E-state index contributed by atoms with van der Waals surface area (Å²) in [5, 5.41) is 0. The van der Waals surface area contributed by atoms with Crippen molar-refractivity contribution in [2.24, 2.45) is 0 Å². The first-order valence-corrected chi connectivity index (χ1v) is 7.96. The molecule has 0 saturated carbocycles. The molecule has 0 bridgehead atoms. The van der Waals surface area contributed by atoms with Crippen LogP contribution in [0.15, 0.2) is 22.9 Å². The average Bonchev–Trinajstić information content (AvgIpc) is 2.37. The van der Waals surface area contributed by atoms with E-state index in [0.717, 1.165) is 22.4 Å². The molecule has 1 heterocycles. The van der Waals surface area contributed by atoms with Crippen LogP contribution in [0.4, 0.5) is 0 Å². The van der Waals surface area contributed by atoms with E-state index in [9.17, 15) is 4.79 Å². The topological polar surface area (TPSA) is 33.2 Å². The highest BCUT2D eigenvalue weighted by Crippen LogP contribution is 2.14. The lowest BCUT2D eigenvalue weighted by molar-refractivity contribution is 0.0741. The Hall–Kier alpha value is -0.550. The lowest BCUT2D eigenvalue weighted by Crippen LogP contribution is -2.35. The molecule has 0 unspecified atom stereocenters. The SMILES string of the molecule is CCSCC[C@@H](C)N(C)C(=O)c1cncc(Br)c1. The zero-order valence-corrected chi connectivity index (χ0v) is 13.4. The van der Waals surface area contributed by atoms with Crippen molar-refractivity contribution in [3.63, 3.8) is 0 Å². The van der Waals surface area contributed by atoms with Crippen molar-refractivity contribution in [2.75, 3.05) is 18.6 Å². The third-order valence-electron chi connectivity index (χ3n) is 2.82. The normalized spacial score (nSPS) is 12.2. The summed E-state index contributed by atoms with van der Waals surface area (Å²) in [6, 6.07) is 2.05. The molecule has 100 valence electrons. The number of amides is 1. The van der Waals surface area contributed by atoms with Crippen molar-refractivity contribution >= 4 is 33.6 Å². The molecule has 1 rings (SSSR count). The van der Waals surface area contributed by atoms with Gasteiger partial charge in [-0.1, -0.05) is 6.92 Å². The van der Waals surface area contributed by atoms with E-state index in [0.29, 0.717) is 5.56 Å². The van der Waals surface area contributed by atoms with E-state index in [-0.39, 0.29) is 11.9 Å². The molecule has 0 aromatic carbocycles. The molecule has 5 heteroatoms. The van der Waals surface area contributed by atoms with Crippen LogP contribution in [0.2, 0.25) is 0 Å². The molecule has 0 aliphatic heterocycles. The highest BCUT2D eigenvalue weighted by Gasteiger charge is 2.17. The zero-order valence-electron chi connectivity index (χ0n) is 11.0. The number of nitrogens with zero attached hydrogens (tertiary/aromatic N) is 2. The molecule has 1 atom stereocenters. The summed E-state index contributed by atoms with van der Waals surface area (Å²) in [7, 11) is 1.85. The fourth-order valence-corrected chi connectivity index (χ4v) is 2.69. The molecule has 1 aromatic heterocycles. The molecule has 0 saturated heterocycles. The van der Waals surface area contributed by atoms with Gasteiger partial charge in [-0.25, -0.2) is 0 Å². The fraction of sp³-hybridized carbons (Fsp3) is 0.538. The molecule has 0 radical (unpaired) electrons. The highest BCUT2D eigenvalue weighted by molar-refractivity contribution is 9.10. The van der Waals surface area contributed by atoms with Crippen LogP contribution in [-0.2, 0) is 0 Å². The second-order valence-corrected chi connectivity index (χ2v) is 6.45. The quantitative estimate of drug-likeness (QED) is 0.749. The molecule has 1 aromatic rings. The van der Waals surface area contributed by atoms with Gasteiger partial charge in [-0.15, -0.1) is 0 Å². The second-order valence-electron chi connectivity index (χ2n) is 4.14. The number of thioether (sulfide) groups is 1. The van der Waals surface area contributed by atoms with Crippen LogP contribution in [0, 0.1) is 0 Å². The summed E-state index contributed by atoms with van der Waals surface area (Å²) < 4.78 is 0.830. The monoisotopic (exact) mass is 330 g/mol. The van der Waals surface area contributed by atoms with Gasteiger partial charge >= 0.3 is 0 Å². The minimum Gasteiger partial charge on any atom is -0.339 e. The number of pyridine rings is 1. The number of hydrogen-bond acceptors (Lipinski definition) is 3. The Morgan fingerprint density at radius 2 is 2.28 bits per heavy atom. The second kappa shape index (κ2) is 7.79. The first-order valence-electron chi connectivity index (χ1n) is 6.01. The Balaban J connectivity index is 2.60. The number of halogens is 1. The number of rotatable bonds is 6. The third-order valence-corrected chi connectivity index (χ3v) is 4.18. The van der Waals surface area contributed by atoms with E-state index in [1.807, 2.05) is 18.8 Å². The van der Waals surface area contributed by atoms with E-state index in [1.54, 1.807) is 23.4 Å². The lowest BCUT2D eigenvalue weighted by Gasteiger charge is -2.24. The van der Waals surface area contributed by atoms with Crippen molar-refractivity contribution in [1.82, 2.24) is 9.88 Å². The highest BCUT2D eigenvalue weighted by atomic mass is 79.9. The molecule has 0 N–H and O–H groups in total. The van der Waals surface area contributed by atoms with Gasteiger partial charge < -0.3 is 4.90 Å². The number of hydrogen-bond donors (Lipinski definition) is 0. The lowest BCUT2D eigenvalue weighted by atomic mass is 10.2. The standard InChI is InChI=1S/C13H19BrN2OS/c1-4-18-6-5-10(2)16(3)13(17)11-7-12(14)9-15-8-11/h7-10H,4-6H2,1-3H3/t10-/m1/s1. The number of carbonyl (C=O) groups excluding carboxylic acids is 1. The Morgan fingerprint density at radius 1 is 1.56 bits per heavy atom. The van der Waals surface area contributed by atoms with Gasteiger partial charge in [0.25, 0.3) is 5.91 Å². The van der Waals surface area contributed by atoms with Crippen molar-refractivity contribution in [3.8, 4) is 0 Å². The Kier molecular flexibility index (Phi) is 6.71. The van der Waals surface area contributed by atoms with Gasteiger partial charge in [0.15, 0.2) is 0 Å². The maximum absolute atomic E-state index is 12.2. The predicted molar refractivity (Wildman–Crippen MR) is 81.1 cm³/mol. The molecule has 1 amide bonds. The molecule has 0 aliphatic carbocycles. The van der Waals surface area contributed by atoms with Crippen molar-refractivity contribution in [3.05, 3.63) is 28.5 Å². The van der Waals surface area contributed by atoms with Gasteiger partial charge in [0.05, 0.1) is 5.56 Å². The van der Waals surface area contributed by atoms with E-state index in [4.69, 9.17) is 0 Å². The van der Waals surface area contributed by atoms with Crippen LogP contribution in [0.5, 0.6) is 0 Å². The van der Waals surface area contributed by atoms with Crippen LogP contribution in [0.3, 0.4) is 0 Å². The van der Waals surface area contributed by atoms with Crippen LogP contribution >= 0.6 is 27.7 Å². The summed E-state index contributed by atoms with van der Waals surface area (Å²) >= 11 is 5.24. The molecule has 0 fully saturated rings. The molecule has 3 nitrogen and oxygen atoms in total. The minimum atomic E-state index is 0.0257. The maximum atomic E-state index is 12.2. The molecule has 0 aliphatic rings. The number of aromatic nitrogens is 1. The van der Waals surface area contributed by atoms with E-state index in [1.165, 1.54) is 0 Å². The van der Waals surface area contributed by atoms with Gasteiger partial charge in [0.1, 0.15) is 0 Å². The van der Waals surface area contributed by atoms with Crippen LogP contribution in [-0.4, -0.2) is 40.4 Å². The van der Waals surface area contributed by atoms with Crippen molar-refractivity contribution in [2.45, 2.75) is 26.3 Å². The molecular weight excluding hydrogens is 312 g/mol. The third kappa shape index (κ3) is 4.61. The molecular formula is C13H19BrN2OS. The number of carbonyl (C=O) groups is 1.